The van der Waals surface area contributed by atoms with Gasteiger partial charge in [0.05, 0.1) is 12.7 Å². The highest BCUT2D eigenvalue weighted by Gasteiger charge is 2.13. The molecule has 1 aromatic heterocycles. The van der Waals surface area contributed by atoms with Crippen molar-refractivity contribution in [2.75, 3.05) is 20.3 Å². The summed E-state index contributed by atoms with van der Waals surface area (Å²) >= 11 is 0. The maximum Gasteiger partial charge on any atom is 0.290 e. The van der Waals surface area contributed by atoms with Gasteiger partial charge < -0.3 is 19.3 Å². The molecule has 2 aromatic rings. The molecule has 1 aromatic carbocycles. The molecule has 1 amide bonds. The van der Waals surface area contributed by atoms with Gasteiger partial charge in [-0.1, -0.05) is 30.3 Å². The van der Waals surface area contributed by atoms with Crippen LogP contribution in [0.5, 0.6) is 5.88 Å². The van der Waals surface area contributed by atoms with Crippen LogP contribution in [0.25, 0.3) is 0 Å². The molecule has 0 aliphatic rings. The molecule has 2 rings (SSSR count). The van der Waals surface area contributed by atoms with Gasteiger partial charge in [0.25, 0.3) is 11.8 Å². The van der Waals surface area contributed by atoms with Crippen LogP contribution < -0.4 is 10.1 Å². The normalized spacial score (nSPS) is 10.2. The van der Waals surface area contributed by atoms with E-state index in [-0.39, 0.29) is 17.5 Å². The van der Waals surface area contributed by atoms with Crippen LogP contribution in [0.15, 0.2) is 40.9 Å². The average molecular weight is 276 g/mol. The summed E-state index contributed by atoms with van der Waals surface area (Å²) in [5.74, 6) is 0.0546. The molecule has 0 radical (unpaired) electrons. The van der Waals surface area contributed by atoms with Crippen molar-refractivity contribution in [2.24, 2.45) is 0 Å². The molecule has 6 nitrogen and oxygen atoms in total. The van der Waals surface area contributed by atoms with Gasteiger partial charge in [0.15, 0.2) is 0 Å². The van der Waals surface area contributed by atoms with E-state index in [1.807, 2.05) is 30.3 Å². The van der Waals surface area contributed by atoms with E-state index in [0.717, 1.165) is 5.56 Å². The molecule has 1 heterocycles. The lowest BCUT2D eigenvalue weighted by molar-refractivity contribution is 0.0900. The summed E-state index contributed by atoms with van der Waals surface area (Å²) in [5.41, 5.74) is 1.02. The first-order valence-electron chi connectivity index (χ1n) is 6.20. The van der Waals surface area contributed by atoms with Gasteiger partial charge in [-0.25, -0.2) is 0 Å². The molecule has 0 aliphatic carbocycles. The number of ether oxygens (including phenoxy) is 2. The minimum absolute atomic E-state index is 0.115. The molecule has 20 heavy (non-hydrogen) atoms. The van der Waals surface area contributed by atoms with Crippen LogP contribution >= 0.6 is 0 Å². The number of nitrogens with one attached hydrogen (secondary N) is 1. The third-order valence-corrected chi connectivity index (χ3v) is 2.53. The van der Waals surface area contributed by atoms with Crippen molar-refractivity contribution in [2.45, 2.75) is 6.61 Å². The van der Waals surface area contributed by atoms with Gasteiger partial charge in [0.2, 0.25) is 5.76 Å². The Morgan fingerprint density at radius 2 is 2.15 bits per heavy atom. The Hall–Kier alpha value is -2.34. The third-order valence-electron chi connectivity index (χ3n) is 2.53. The van der Waals surface area contributed by atoms with E-state index in [4.69, 9.17) is 14.0 Å². The standard InChI is InChI=1S/C14H16N2O4/c1-18-8-7-15-14(17)12-9-13(16-20-12)19-10-11-5-3-2-4-6-11/h2-6,9H,7-8,10H2,1H3,(H,15,17). The second-order valence-electron chi connectivity index (χ2n) is 4.05. The van der Waals surface area contributed by atoms with Crippen molar-refractivity contribution < 1.29 is 18.8 Å². The number of carbonyl (C=O) groups excluding carboxylic acids is 1. The molecule has 0 unspecified atom stereocenters. The Kier molecular flexibility index (Phi) is 5.14. The highest BCUT2D eigenvalue weighted by atomic mass is 16.5. The fourth-order valence-electron chi connectivity index (χ4n) is 1.52. The topological polar surface area (TPSA) is 73.6 Å². The Labute approximate surface area is 116 Å². The number of benzene rings is 1. The fraction of sp³-hybridized carbons (Fsp3) is 0.286. The maximum absolute atomic E-state index is 11.7. The van der Waals surface area contributed by atoms with E-state index in [0.29, 0.717) is 19.8 Å². The molecule has 0 saturated heterocycles. The minimum atomic E-state index is -0.343. The van der Waals surface area contributed by atoms with Crippen molar-refractivity contribution >= 4 is 5.91 Å². The molecule has 1 N–H and O–H groups in total. The largest absolute Gasteiger partial charge is 0.471 e. The van der Waals surface area contributed by atoms with Crippen LogP contribution in [0.4, 0.5) is 0 Å². The number of rotatable bonds is 7. The molecule has 0 bridgehead atoms. The van der Waals surface area contributed by atoms with E-state index >= 15 is 0 Å². The summed E-state index contributed by atoms with van der Waals surface area (Å²) in [7, 11) is 1.57. The molecule has 6 heteroatoms. The van der Waals surface area contributed by atoms with Gasteiger partial charge >= 0.3 is 0 Å². The van der Waals surface area contributed by atoms with Crippen molar-refractivity contribution in [3.05, 3.63) is 47.7 Å². The quantitative estimate of drug-likeness (QED) is 0.778. The predicted octanol–water partition coefficient (Wildman–Crippen LogP) is 1.63. The molecular weight excluding hydrogens is 260 g/mol. The lowest BCUT2D eigenvalue weighted by Crippen LogP contribution is -2.26. The monoisotopic (exact) mass is 276 g/mol. The SMILES string of the molecule is COCCNC(=O)c1cc(OCc2ccccc2)no1. The lowest BCUT2D eigenvalue weighted by atomic mass is 10.2. The summed E-state index contributed by atoms with van der Waals surface area (Å²) in [4.78, 5) is 11.7. The van der Waals surface area contributed by atoms with Gasteiger partial charge in [0, 0.05) is 13.7 Å². The highest BCUT2D eigenvalue weighted by Crippen LogP contribution is 2.13. The van der Waals surface area contributed by atoms with Crippen LogP contribution in [0.3, 0.4) is 0 Å². The third kappa shape index (κ3) is 4.10. The number of nitrogens with zero attached hydrogens (tertiary/aromatic N) is 1. The van der Waals surface area contributed by atoms with E-state index in [2.05, 4.69) is 10.5 Å². The first-order valence-corrected chi connectivity index (χ1v) is 6.20. The Morgan fingerprint density at radius 3 is 2.90 bits per heavy atom. The van der Waals surface area contributed by atoms with Gasteiger partial charge in [-0.15, -0.1) is 0 Å². The number of methoxy groups -OCH3 is 1. The van der Waals surface area contributed by atoms with Crippen LogP contribution in [0.1, 0.15) is 16.1 Å². The van der Waals surface area contributed by atoms with Gasteiger partial charge in [-0.3, -0.25) is 4.79 Å². The zero-order chi connectivity index (χ0) is 14.2. The maximum atomic E-state index is 11.7. The molecule has 106 valence electrons. The Bertz CT molecular complexity index is 539. The van der Waals surface area contributed by atoms with Crippen LogP contribution in [0.2, 0.25) is 0 Å². The first kappa shape index (κ1) is 14.1. The number of aromatic nitrogens is 1. The Morgan fingerprint density at radius 1 is 1.35 bits per heavy atom. The molecule has 0 aliphatic heterocycles. The molecule has 0 spiro atoms. The number of hydrogen-bond donors (Lipinski definition) is 1. The minimum Gasteiger partial charge on any atom is -0.471 e. The van der Waals surface area contributed by atoms with Crippen LogP contribution in [0, 0.1) is 0 Å². The smallest absolute Gasteiger partial charge is 0.290 e. The second kappa shape index (κ2) is 7.30. The van der Waals surface area contributed by atoms with Gasteiger partial charge in [-0.2, -0.15) is 0 Å². The van der Waals surface area contributed by atoms with Crippen LogP contribution in [-0.2, 0) is 11.3 Å². The van der Waals surface area contributed by atoms with Gasteiger partial charge in [0.1, 0.15) is 6.61 Å². The van der Waals surface area contributed by atoms with Crippen molar-refractivity contribution in [3.8, 4) is 5.88 Å². The summed E-state index contributed by atoms with van der Waals surface area (Å²) in [6.45, 7) is 1.23. The zero-order valence-electron chi connectivity index (χ0n) is 11.2. The van der Waals surface area contributed by atoms with Crippen LogP contribution in [-0.4, -0.2) is 31.3 Å². The van der Waals surface area contributed by atoms with Crippen molar-refractivity contribution in [1.29, 1.82) is 0 Å². The molecule has 0 saturated carbocycles. The second-order valence-corrected chi connectivity index (χ2v) is 4.05. The summed E-state index contributed by atoms with van der Waals surface area (Å²) in [6.07, 6.45) is 0. The van der Waals surface area contributed by atoms with Crippen molar-refractivity contribution in [1.82, 2.24) is 10.5 Å². The first-order chi connectivity index (χ1) is 9.79. The summed E-state index contributed by atoms with van der Waals surface area (Å²) < 4.78 is 15.2. The number of hydrogen-bond acceptors (Lipinski definition) is 5. The molecular formula is C14H16N2O4. The van der Waals surface area contributed by atoms with Gasteiger partial charge in [-0.05, 0) is 10.7 Å². The Balaban J connectivity index is 1.84. The molecule has 0 fully saturated rings. The average Bonchev–Trinajstić information content (AvgIpc) is 2.95. The number of amides is 1. The molecule has 0 atom stereocenters. The lowest BCUT2D eigenvalue weighted by Gasteiger charge is -2.01. The van der Waals surface area contributed by atoms with E-state index in [9.17, 15) is 4.79 Å². The van der Waals surface area contributed by atoms with E-state index < -0.39 is 0 Å². The van der Waals surface area contributed by atoms with E-state index in [1.54, 1.807) is 7.11 Å². The summed E-state index contributed by atoms with van der Waals surface area (Å²) in [5, 5.41) is 6.33. The van der Waals surface area contributed by atoms with E-state index in [1.165, 1.54) is 6.07 Å². The predicted molar refractivity (Wildman–Crippen MR) is 71.5 cm³/mol. The van der Waals surface area contributed by atoms with Crippen molar-refractivity contribution in [3.63, 3.8) is 0 Å². The fourth-order valence-corrected chi connectivity index (χ4v) is 1.52. The summed E-state index contributed by atoms with van der Waals surface area (Å²) in [6, 6.07) is 11.1. The highest BCUT2D eigenvalue weighted by molar-refractivity contribution is 5.91. The zero-order valence-corrected chi connectivity index (χ0v) is 11.2. The number of carbonyl (C=O) groups is 1.